The summed E-state index contributed by atoms with van der Waals surface area (Å²) < 4.78 is 5.10. The first-order valence-electron chi connectivity index (χ1n) is 6.96. The van der Waals surface area contributed by atoms with Gasteiger partial charge in [-0.05, 0) is 44.9 Å². The molecule has 1 aromatic rings. The van der Waals surface area contributed by atoms with Crippen molar-refractivity contribution in [2.75, 3.05) is 0 Å². The van der Waals surface area contributed by atoms with Gasteiger partial charge >= 0.3 is 5.97 Å². The number of rotatable bonds is 7. The number of benzene rings is 1. The predicted octanol–water partition coefficient (Wildman–Crippen LogP) is 3.31. The van der Waals surface area contributed by atoms with E-state index in [4.69, 9.17) is 16.3 Å². The van der Waals surface area contributed by atoms with Crippen LogP contribution >= 0.6 is 27.5 Å². The third-order valence-corrected chi connectivity index (χ3v) is 4.39. The van der Waals surface area contributed by atoms with Gasteiger partial charge in [-0.1, -0.05) is 39.7 Å². The van der Waals surface area contributed by atoms with Gasteiger partial charge in [0.05, 0.1) is 10.9 Å². The first-order valence-corrected chi connectivity index (χ1v) is 8.26. The Morgan fingerprint density at radius 3 is 2.32 bits per heavy atom. The molecule has 0 aliphatic rings. The molecule has 0 aliphatic heterocycles. The number of ether oxygens (including phenoxy) is 1. The van der Waals surface area contributed by atoms with E-state index in [0.717, 1.165) is 5.56 Å². The summed E-state index contributed by atoms with van der Waals surface area (Å²) >= 11 is 9.17. The average molecular weight is 392 g/mol. The molecule has 0 bridgehead atoms. The molecule has 1 rings (SSSR count). The molecule has 0 aliphatic carbocycles. The van der Waals surface area contributed by atoms with Crippen LogP contribution in [-0.4, -0.2) is 33.4 Å². The Morgan fingerprint density at radius 1 is 1.32 bits per heavy atom. The van der Waals surface area contributed by atoms with E-state index in [9.17, 15) is 14.7 Å². The molecular formula is C16H20BrClO4. The van der Waals surface area contributed by atoms with Crippen molar-refractivity contribution >= 4 is 39.3 Å². The summed E-state index contributed by atoms with van der Waals surface area (Å²) in [6.07, 6.45) is -0.322. The Kier molecular flexibility index (Phi) is 7.03. The van der Waals surface area contributed by atoms with Gasteiger partial charge in [-0.25, -0.2) is 4.79 Å². The number of hydrogen-bond donors (Lipinski definition) is 1. The third kappa shape index (κ3) is 5.38. The molecular weight excluding hydrogens is 372 g/mol. The normalized spacial score (nSPS) is 15.2. The van der Waals surface area contributed by atoms with Gasteiger partial charge in [0.1, 0.15) is 5.78 Å². The lowest BCUT2D eigenvalue weighted by Gasteiger charge is -2.30. The lowest BCUT2D eigenvalue weighted by Crippen LogP contribution is -2.50. The van der Waals surface area contributed by atoms with E-state index in [1.807, 2.05) is 0 Å². The molecule has 0 radical (unpaired) electrons. The van der Waals surface area contributed by atoms with E-state index in [1.165, 1.54) is 6.92 Å². The fourth-order valence-electron chi connectivity index (χ4n) is 2.00. The topological polar surface area (TPSA) is 63.6 Å². The SMILES string of the molecule is CC(=O)C[C@@](O)(C(=O)OC(C)C)[C@H](Br)Cc1ccc(Cl)cc1. The maximum absolute atomic E-state index is 12.2. The fraction of sp³-hybridized carbons (Fsp3) is 0.500. The summed E-state index contributed by atoms with van der Waals surface area (Å²) in [4.78, 5) is 23.0. The molecule has 0 aromatic heterocycles. The van der Waals surface area contributed by atoms with Gasteiger partial charge < -0.3 is 9.84 Å². The summed E-state index contributed by atoms with van der Waals surface area (Å²) in [6, 6.07) is 7.07. The van der Waals surface area contributed by atoms with E-state index in [0.29, 0.717) is 11.4 Å². The van der Waals surface area contributed by atoms with Gasteiger partial charge in [-0.2, -0.15) is 0 Å². The second-order valence-corrected chi connectivity index (χ2v) is 7.10. The van der Waals surface area contributed by atoms with Crippen molar-refractivity contribution in [2.45, 2.75) is 50.1 Å². The van der Waals surface area contributed by atoms with E-state index >= 15 is 0 Å². The monoisotopic (exact) mass is 390 g/mol. The Bertz CT molecular complexity index is 529. The molecule has 22 heavy (non-hydrogen) atoms. The number of esters is 1. The molecule has 2 atom stereocenters. The van der Waals surface area contributed by atoms with Crippen LogP contribution in [0, 0.1) is 0 Å². The van der Waals surface area contributed by atoms with Gasteiger partial charge in [0, 0.05) is 11.4 Å². The summed E-state index contributed by atoms with van der Waals surface area (Å²) in [7, 11) is 0. The van der Waals surface area contributed by atoms with Gasteiger partial charge in [-0.15, -0.1) is 0 Å². The van der Waals surface area contributed by atoms with Crippen molar-refractivity contribution in [3.63, 3.8) is 0 Å². The molecule has 1 N–H and O–H groups in total. The molecule has 0 spiro atoms. The largest absolute Gasteiger partial charge is 0.461 e. The number of alkyl halides is 1. The second-order valence-electron chi connectivity index (χ2n) is 5.56. The highest BCUT2D eigenvalue weighted by Crippen LogP contribution is 2.28. The first kappa shape index (κ1) is 19.1. The zero-order valence-corrected chi connectivity index (χ0v) is 15.1. The lowest BCUT2D eigenvalue weighted by atomic mass is 9.90. The molecule has 0 saturated heterocycles. The van der Waals surface area contributed by atoms with E-state index in [1.54, 1.807) is 38.1 Å². The number of ketones is 1. The minimum atomic E-state index is -1.91. The van der Waals surface area contributed by atoms with Crippen molar-refractivity contribution in [3.8, 4) is 0 Å². The van der Waals surface area contributed by atoms with Gasteiger partial charge in [0.25, 0.3) is 0 Å². The summed E-state index contributed by atoms with van der Waals surface area (Å²) in [5.74, 6) is -1.09. The average Bonchev–Trinajstić information content (AvgIpc) is 2.39. The zero-order chi connectivity index (χ0) is 16.9. The van der Waals surface area contributed by atoms with E-state index in [-0.39, 0.29) is 18.3 Å². The maximum Gasteiger partial charge on any atom is 0.340 e. The molecule has 0 heterocycles. The zero-order valence-electron chi connectivity index (χ0n) is 12.8. The number of carbonyl (C=O) groups is 2. The second kappa shape index (κ2) is 8.09. The smallest absolute Gasteiger partial charge is 0.340 e. The predicted molar refractivity (Wildman–Crippen MR) is 89.3 cm³/mol. The molecule has 4 nitrogen and oxygen atoms in total. The van der Waals surface area contributed by atoms with Crippen molar-refractivity contribution in [1.82, 2.24) is 0 Å². The van der Waals surface area contributed by atoms with Gasteiger partial charge in [-0.3, -0.25) is 4.79 Å². The van der Waals surface area contributed by atoms with E-state index in [2.05, 4.69) is 15.9 Å². The Balaban J connectivity index is 2.96. The van der Waals surface area contributed by atoms with Crippen molar-refractivity contribution in [2.24, 2.45) is 0 Å². The molecule has 0 amide bonds. The first-order chi connectivity index (χ1) is 10.1. The fourth-order valence-corrected chi connectivity index (χ4v) is 2.85. The van der Waals surface area contributed by atoms with Crippen molar-refractivity contribution < 1.29 is 19.4 Å². The standard InChI is InChI=1S/C16H20BrClO4/c1-10(2)22-15(20)16(21,9-11(3)19)14(17)8-12-4-6-13(18)7-5-12/h4-7,10,14,21H,8-9H2,1-3H3/t14-,16+/m1/s1. The van der Waals surface area contributed by atoms with Crippen LogP contribution in [0.15, 0.2) is 24.3 Å². The Labute approximate surface area is 143 Å². The van der Waals surface area contributed by atoms with Crippen molar-refractivity contribution in [1.29, 1.82) is 0 Å². The molecule has 6 heteroatoms. The highest BCUT2D eigenvalue weighted by Gasteiger charge is 2.45. The number of Topliss-reactive ketones (excluding diaryl/α,β-unsaturated/α-hetero) is 1. The third-order valence-electron chi connectivity index (χ3n) is 3.06. The number of halogens is 2. The quantitative estimate of drug-likeness (QED) is 0.572. The van der Waals surface area contributed by atoms with Crippen LogP contribution in [-0.2, 0) is 20.7 Å². The molecule has 0 fully saturated rings. The summed E-state index contributed by atoms with van der Waals surface area (Å²) in [5.41, 5.74) is -1.03. The Morgan fingerprint density at radius 2 is 1.86 bits per heavy atom. The van der Waals surface area contributed by atoms with Crippen molar-refractivity contribution in [3.05, 3.63) is 34.9 Å². The number of aliphatic hydroxyl groups is 1. The summed E-state index contributed by atoms with van der Waals surface area (Å²) in [6.45, 7) is 4.71. The molecule has 122 valence electrons. The van der Waals surface area contributed by atoms with Crippen LogP contribution in [0.2, 0.25) is 5.02 Å². The van der Waals surface area contributed by atoms with Gasteiger partial charge in [0.2, 0.25) is 0 Å². The van der Waals surface area contributed by atoms with Crippen LogP contribution in [0.1, 0.15) is 32.8 Å². The van der Waals surface area contributed by atoms with Gasteiger partial charge in [0.15, 0.2) is 5.60 Å². The van der Waals surface area contributed by atoms with E-state index < -0.39 is 16.4 Å². The maximum atomic E-state index is 12.2. The van der Waals surface area contributed by atoms with Crippen LogP contribution < -0.4 is 0 Å². The summed E-state index contributed by atoms with van der Waals surface area (Å²) in [5, 5.41) is 11.3. The number of hydrogen-bond acceptors (Lipinski definition) is 4. The lowest BCUT2D eigenvalue weighted by molar-refractivity contribution is -0.171. The van der Waals surface area contributed by atoms with Crippen LogP contribution in [0.4, 0.5) is 0 Å². The minimum absolute atomic E-state index is 0.288. The molecule has 0 saturated carbocycles. The number of carbonyl (C=O) groups excluding carboxylic acids is 2. The highest BCUT2D eigenvalue weighted by molar-refractivity contribution is 9.09. The Hall–Kier alpha value is -0.910. The minimum Gasteiger partial charge on any atom is -0.461 e. The van der Waals surface area contributed by atoms with Crippen LogP contribution in [0.3, 0.4) is 0 Å². The molecule has 1 aromatic carbocycles. The van der Waals surface area contributed by atoms with Crippen LogP contribution in [0.25, 0.3) is 0 Å². The molecule has 0 unspecified atom stereocenters. The highest BCUT2D eigenvalue weighted by atomic mass is 79.9. The van der Waals surface area contributed by atoms with Crippen LogP contribution in [0.5, 0.6) is 0 Å².